The van der Waals surface area contributed by atoms with E-state index >= 15 is 0 Å². The highest BCUT2D eigenvalue weighted by Gasteiger charge is 2.24. The molecule has 0 aromatic heterocycles. The molecule has 0 aliphatic carbocycles. The first-order valence-corrected chi connectivity index (χ1v) is 9.64. The normalized spacial score (nSPS) is 17.6. The fourth-order valence-electron chi connectivity index (χ4n) is 2.22. The van der Waals surface area contributed by atoms with Gasteiger partial charge in [-0.3, -0.25) is 4.79 Å². The zero-order chi connectivity index (χ0) is 20.3. The number of benzene rings is 2. The molecule has 0 radical (unpaired) electrons. The van der Waals surface area contributed by atoms with E-state index < -0.39 is 12.1 Å². The van der Waals surface area contributed by atoms with Crippen LogP contribution >= 0.6 is 35.0 Å². The molecule has 0 saturated carbocycles. The van der Waals surface area contributed by atoms with Crippen molar-refractivity contribution in [3.8, 4) is 5.75 Å². The first-order chi connectivity index (χ1) is 13.3. The second-order valence-electron chi connectivity index (χ2n) is 5.72. The third-order valence-electron chi connectivity index (χ3n) is 3.64. The van der Waals surface area contributed by atoms with Crippen LogP contribution in [0.5, 0.6) is 5.75 Å². The Hall–Kier alpha value is -2.48. The fraction of sp³-hybridized carbons (Fsp3) is 0.105. The molecule has 1 saturated heterocycles. The van der Waals surface area contributed by atoms with Gasteiger partial charge >= 0.3 is 5.97 Å². The molecular weight excluding hydrogens is 423 g/mol. The van der Waals surface area contributed by atoms with Crippen LogP contribution in [0.15, 0.2) is 52.4 Å². The molecule has 0 spiro atoms. The van der Waals surface area contributed by atoms with Crippen LogP contribution in [0.1, 0.15) is 12.5 Å². The van der Waals surface area contributed by atoms with E-state index in [4.69, 9.17) is 33.0 Å². The van der Waals surface area contributed by atoms with Crippen molar-refractivity contribution in [1.29, 1.82) is 0 Å². The summed E-state index contributed by atoms with van der Waals surface area (Å²) in [5.41, 5.74) is 1.22. The number of halogens is 2. The molecule has 3 rings (SSSR count). The number of amidine groups is 1. The van der Waals surface area contributed by atoms with Crippen molar-refractivity contribution in [3.05, 3.63) is 63.0 Å². The zero-order valence-electron chi connectivity index (χ0n) is 14.5. The number of carbonyl (C=O) groups excluding carboxylic acids is 1. The summed E-state index contributed by atoms with van der Waals surface area (Å²) in [7, 11) is 0. The average Bonchev–Trinajstić information content (AvgIpc) is 2.99. The average molecular weight is 437 g/mol. The molecule has 1 fully saturated rings. The molecule has 2 N–H and O–H groups in total. The largest absolute Gasteiger partial charge is 0.479 e. The van der Waals surface area contributed by atoms with E-state index in [9.17, 15) is 9.59 Å². The molecule has 0 unspecified atom stereocenters. The second-order valence-corrected chi connectivity index (χ2v) is 7.54. The molecule has 2 aromatic carbocycles. The van der Waals surface area contributed by atoms with Crippen LogP contribution in [0.25, 0.3) is 6.08 Å². The quantitative estimate of drug-likeness (QED) is 0.660. The van der Waals surface area contributed by atoms with E-state index in [-0.39, 0.29) is 5.91 Å². The molecule has 28 heavy (non-hydrogen) atoms. The number of carboxylic acids is 1. The summed E-state index contributed by atoms with van der Waals surface area (Å²) in [6.07, 6.45) is 0.754. The number of hydrogen-bond donors (Lipinski definition) is 2. The van der Waals surface area contributed by atoms with Gasteiger partial charge in [-0.25, -0.2) is 9.79 Å². The number of carboxylic acid groups (broad SMARTS) is 1. The second kappa shape index (κ2) is 8.68. The van der Waals surface area contributed by atoms with Gasteiger partial charge in [-0.1, -0.05) is 41.4 Å². The lowest BCUT2D eigenvalue weighted by Crippen LogP contribution is -2.22. The van der Waals surface area contributed by atoms with Gasteiger partial charge in [-0.2, -0.15) is 0 Å². The van der Waals surface area contributed by atoms with Gasteiger partial charge in [0, 0.05) is 0 Å². The number of ether oxygens (including phenoxy) is 1. The highest BCUT2D eigenvalue weighted by atomic mass is 35.5. The van der Waals surface area contributed by atoms with Gasteiger partial charge in [-0.05, 0) is 54.6 Å². The highest BCUT2D eigenvalue weighted by molar-refractivity contribution is 8.18. The van der Waals surface area contributed by atoms with Gasteiger partial charge in [0.25, 0.3) is 5.91 Å². The summed E-state index contributed by atoms with van der Waals surface area (Å²) in [4.78, 5) is 27.8. The number of amides is 1. The van der Waals surface area contributed by atoms with Crippen molar-refractivity contribution >= 4 is 63.8 Å². The Morgan fingerprint density at radius 1 is 1.25 bits per heavy atom. The Balaban J connectivity index is 1.74. The predicted molar refractivity (Wildman–Crippen MR) is 111 cm³/mol. The molecule has 6 nitrogen and oxygen atoms in total. The highest BCUT2D eigenvalue weighted by Crippen LogP contribution is 2.34. The summed E-state index contributed by atoms with van der Waals surface area (Å²) >= 11 is 13.3. The van der Waals surface area contributed by atoms with Crippen LogP contribution in [-0.2, 0) is 9.59 Å². The van der Waals surface area contributed by atoms with Crippen molar-refractivity contribution in [3.63, 3.8) is 0 Å². The molecular formula is C19H14Cl2N2O4S. The lowest BCUT2D eigenvalue weighted by molar-refractivity contribution is -0.144. The molecule has 2 aromatic rings. The molecule has 0 bridgehead atoms. The summed E-state index contributed by atoms with van der Waals surface area (Å²) in [6, 6.07) is 11.8. The minimum absolute atomic E-state index is 0.276. The molecule has 1 aliphatic rings. The van der Waals surface area contributed by atoms with Crippen LogP contribution in [0.2, 0.25) is 10.0 Å². The maximum absolute atomic E-state index is 12.2. The van der Waals surface area contributed by atoms with Crippen LogP contribution in [0.3, 0.4) is 0 Å². The summed E-state index contributed by atoms with van der Waals surface area (Å²) in [5, 5.41) is 12.7. The summed E-state index contributed by atoms with van der Waals surface area (Å²) in [6.45, 7) is 1.45. The van der Waals surface area contributed by atoms with E-state index in [0.29, 0.717) is 31.6 Å². The minimum atomic E-state index is -1.04. The standard InChI is InChI=1S/C19H14Cl2N2O4S/c1-10(18(25)26)27-12-7-5-11(6-8-12)9-15-17(24)23-19(28-15)22-14-4-2-3-13(20)16(14)21/h2-10H,1H3,(H,25,26)(H,22,23,24)/b15-9-/t10-/m1/s1. The van der Waals surface area contributed by atoms with E-state index in [1.54, 1.807) is 48.5 Å². The molecule has 1 aliphatic heterocycles. The van der Waals surface area contributed by atoms with Crippen molar-refractivity contribution in [1.82, 2.24) is 5.32 Å². The van der Waals surface area contributed by atoms with E-state index in [2.05, 4.69) is 10.3 Å². The fourth-order valence-corrected chi connectivity index (χ4v) is 3.39. The van der Waals surface area contributed by atoms with Gasteiger partial charge in [-0.15, -0.1) is 0 Å². The van der Waals surface area contributed by atoms with Gasteiger partial charge in [0.1, 0.15) is 5.75 Å². The number of hydrogen-bond acceptors (Lipinski definition) is 5. The topological polar surface area (TPSA) is 88.0 Å². The van der Waals surface area contributed by atoms with Gasteiger partial charge in [0.2, 0.25) is 0 Å². The molecule has 1 atom stereocenters. The number of thioether (sulfide) groups is 1. The van der Waals surface area contributed by atoms with Crippen molar-refractivity contribution < 1.29 is 19.4 Å². The number of rotatable bonds is 5. The first-order valence-electron chi connectivity index (χ1n) is 8.06. The van der Waals surface area contributed by atoms with Crippen LogP contribution in [0, 0.1) is 0 Å². The van der Waals surface area contributed by atoms with Crippen molar-refractivity contribution in [2.24, 2.45) is 4.99 Å². The van der Waals surface area contributed by atoms with E-state index in [1.165, 1.54) is 18.7 Å². The Kier molecular flexibility index (Phi) is 6.28. The number of nitrogens with zero attached hydrogens (tertiary/aromatic N) is 1. The molecule has 1 amide bonds. The van der Waals surface area contributed by atoms with E-state index in [1.807, 2.05) is 0 Å². The van der Waals surface area contributed by atoms with E-state index in [0.717, 1.165) is 5.56 Å². The van der Waals surface area contributed by atoms with Gasteiger partial charge in [0.15, 0.2) is 11.3 Å². The monoisotopic (exact) mass is 436 g/mol. The Morgan fingerprint density at radius 2 is 1.96 bits per heavy atom. The third-order valence-corrected chi connectivity index (χ3v) is 5.36. The molecule has 144 valence electrons. The Morgan fingerprint density at radius 3 is 2.64 bits per heavy atom. The lowest BCUT2D eigenvalue weighted by atomic mass is 10.2. The van der Waals surface area contributed by atoms with Crippen LogP contribution in [-0.4, -0.2) is 28.3 Å². The molecule has 1 heterocycles. The first kappa shape index (κ1) is 20.3. The van der Waals surface area contributed by atoms with Crippen molar-refractivity contribution in [2.45, 2.75) is 13.0 Å². The summed E-state index contributed by atoms with van der Waals surface area (Å²) < 4.78 is 5.28. The number of carbonyl (C=O) groups is 2. The van der Waals surface area contributed by atoms with Crippen LogP contribution < -0.4 is 10.1 Å². The number of aliphatic carboxylic acids is 1. The smallest absolute Gasteiger partial charge is 0.344 e. The Bertz CT molecular complexity index is 990. The third kappa shape index (κ3) is 4.86. The maximum atomic E-state index is 12.2. The van der Waals surface area contributed by atoms with Gasteiger partial charge < -0.3 is 15.2 Å². The number of aliphatic imine (C=N–C) groups is 1. The number of nitrogens with one attached hydrogen (secondary N) is 1. The molecule has 9 heteroatoms. The van der Waals surface area contributed by atoms with Crippen LogP contribution in [0.4, 0.5) is 5.69 Å². The minimum Gasteiger partial charge on any atom is -0.479 e. The summed E-state index contributed by atoms with van der Waals surface area (Å²) in [5.74, 6) is -0.892. The lowest BCUT2D eigenvalue weighted by Gasteiger charge is -2.10. The van der Waals surface area contributed by atoms with Crippen molar-refractivity contribution in [2.75, 3.05) is 0 Å². The SMILES string of the molecule is C[C@@H](Oc1ccc(/C=C2\SC(=Nc3cccc(Cl)c3Cl)NC2=O)cc1)C(=O)O. The zero-order valence-corrected chi connectivity index (χ0v) is 16.8. The Labute approximate surface area is 175 Å². The maximum Gasteiger partial charge on any atom is 0.344 e. The predicted octanol–water partition coefficient (Wildman–Crippen LogP) is 4.74. The van der Waals surface area contributed by atoms with Gasteiger partial charge in [0.05, 0.1) is 20.6 Å².